The van der Waals surface area contributed by atoms with Crippen LogP contribution >= 0.6 is 0 Å². The first-order valence-electron chi connectivity index (χ1n) is 7.69. The molecule has 0 saturated heterocycles. The summed E-state index contributed by atoms with van der Waals surface area (Å²) < 4.78 is 5.55. The van der Waals surface area contributed by atoms with Gasteiger partial charge in [0.1, 0.15) is 5.60 Å². The molecule has 0 aromatic heterocycles. The second kappa shape index (κ2) is 6.33. The zero-order valence-corrected chi connectivity index (χ0v) is 13.5. The molecule has 1 amide bonds. The van der Waals surface area contributed by atoms with Gasteiger partial charge in [-0.2, -0.15) is 0 Å². The summed E-state index contributed by atoms with van der Waals surface area (Å²) in [7, 11) is 0. The van der Waals surface area contributed by atoms with Crippen LogP contribution in [-0.2, 0) is 11.3 Å². The Kier molecular flexibility index (Phi) is 4.71. The summed E-state index contributed by atoms with van der Waals surface area (Å²) >= 11 is 0. The van der Waals surface area contributed by atoms with Crippen molar-refractivity contribution in [1.82, 2.24) is 4.90 Å². The maximum Gasteiger partial charge on any atom is 0.414 e. The Morgan fingerprint density at radius 2 is 2.00 bits per heavy atom. The minimum Gasteiger partial charge on any atom is -0.443 e. The third-order valence-electron chi connectivity index (χ3n) is 3.45. The van der Waals surface area contributed by atoms with Crippen LogP contribution in [0.4, 0.5) is 4.79 Å². The number of carbonyl (C=O) groups is 1. The van der Waals surface area contributed by atoms with Crippen LogP contribution in [0.25, 0.3) is 6.08 Å². The van der Waals surface area contributed by atoms with Gasteiger partial charge >= 0.3 is 6.09 Å². The van der Waals surface area contributed by atoms with E-state index in [1.165, 1.54) is 11.1 Å². The molecule has 0 atom stereocenters. The summed E-state index contributed by atoms with van der Waals surface area (Å²) in [5.41, 5.74) is 2.97. The molecule has 2 rings (SSSR count). The zero-order valence-electron chi connectivity index (χ0n) is 13.5. The normalized spacial score (nSPS) is 14.5. The van der Waals surface area contributed by atoms with Crippen molar-refractivity contribution in [2.75, 3.05) is 0 Å². The summed E-state index contributed by atoms with van der Waals surface area (Å²) in [6.07, 6.45) is 4.97. The van der Waals surface area contributed by atoms with E-state index in [2.05, 4.69) is 25.1 Å². The molecule has 1 aliphatic heterocycles. The molecule has 0 fully saturated rings. The highest BCUT2D eigenvalue weighted by Crippen LogP contribution is 2.29. The van der Waals surface area contributed by atoms with Gasteiger partial charge in [0.05, 0.1) is 6.54 Å². The number of hydrogen-bond acceptors (Lipinski definition) is 2. The third kappa shape index (κ3) is 4.10. The number of fused-ring (bicyclic) bond motifs is 1. The first-order chi connectivity index (χ1) is 9.90. The predicted octanol–water partition coefficient (Wildman–Crippen LogP) is 4.97. The van der Waals surface area contributed by atoms with E-state index in [0.717, 1.165) is 25.0 Å². The fourth-order valence-electron chi connectivity index (χ4n) is 2.41. The number of rotatable bonds is 3. The molecule has 1 heterocycles. The lowest BCUT2D eigenvalue weighted by molar-refractivity contribution is 0.0293. The molecule has 0 saturated carbocycles. The molecule has 1 aromatic rings. The summed E-state index contributed by atoms with van der Waals surface area (Å²) in [4.78, 5) is 14.2. The zero-order chi connectivity index (χ0) is 15.5. The average Bonchev–Trinajstić information content (AvgIpc) is 2.42. The molecule has 1 aliphatic rings. The van der Waals surface area contributed by atoms with Gasteiger partial charge in [-0.1, -0.05) is 37.6 Å². The minimum absolute atomic E-state index is 0.251. The highest BCUT2D eigenvalue weighted by molar-refractivity contribution is 5.75. The third-order valence-corrected chi connectivity index (χ3v) is 3.45. The van der Waals surface area contributed by atoms with E-state index in [4.69, 9.17) is 4.74 Å². The maximum absolute atomic E-state index is 12.5. The van der Waals surface area contributed by atoms with E-state index in [0.29, 0.717) is 6.54 Å². The van der Waals surface area contributed by atoms with Crippen LogP contribution in [0.3, 0.4) is 0 Å². The molecule has 0 bridgehead atoms. The first kappa shape index (κ1) is 15.6. The van der Waals surface area contributed by atoms with Gasteiger partial charge < -0.3 is 4.74 Å². The van der Waals surface area contributed by atoms with E-state index in [1.54, 1.807) is 4.90 Å². The lowest BCUT2D eigenvalue weighted by Gasteiger charge is -2.32. The molecule has 21 heavy (non-hydrogen) atoms. The standard InChI is InChI=1S/C18H25NO2/c1-5-6-11-16-12-14-9-7-8-10-15(14)13-19(16)17(20)21-18(2,3)4/h7-10,12H,5-6,11,13H2,1-4H3. The Hall–Kier alpha value is -1.77. The van der Waals surface area contributed by atoms with E-state index < -0.39 is 5.60 Å². The second-order valence-corrected chi connectivity index (χ2v) is 6.50. The van der Waals surface area contributed by atoms with Crippen molar-refractivity contribution >= 4 is 12.2 Å². The van der Waals surface area contributed by atoms with E-state index in [1.807, 2.05) is 32.9 Å². The number of ether oxygens (including phenoxy) is 1. The number of nitrogens with zero attached hydrogens (tertiary/aromatic N) is 1. The number of hydrogen-bond donors (Lipinski definition) is 0. The number of carbonyl (C=O) groups excluding carboxylic acids is 1. The van der Waals surface area contributed by atoms with E-state index >= 15 is 0 Å². The van der Waals surface area contributed by atoms with Crippen LogP contribution in [0, 0.1) is 0 Å². The molecule has 0 radical (unpaired) electrons. The quantitative estimate of drug-likeness (QED) is 0.785. The van der Waals surface area contributed by atoms with Crippen molar-refractivity contribution in [3.05, 3.63) is 41.1 Å². The minimum atomic E-state index is -0.468. The molecule has 0 aliphatic carbocycles. The van der Waals surface area contributed by atoms with Crippen molar-refractivity contribution < 1.29 is 9.53 Å². The summed E-state index contributed by atoms with van der Waals surface area (Å²) in [5.74, 6) is 0. The molecule has 0 N–H and O–H groups in total. The topological polar surface area (TPSA) is 29.5 Å². The number of benzene rings is 1. The average molecular weight is 287 g/mol. The highest BCUT2D eigenvalue weighted by atomic mass is 16.6. The number of allylic oxidation sites excluding steroid dienone is 1. The molecule has 114 valence electrons. The number of unbranched alkanes of at least 4 members (excludes halogenated alkanes) is 1. The molecule has 0 spiro atoms. The van der Waals surface area contributed by atoms with E-state index in [-0.39, 0.29) is 6.09 Å². The maximum atomic E-state index is 12.5. The van der Waals surface area contributed by atoms with E-state index in [9.17, 15) is 4.79 Å². The van der Waals surface area contributed by atoms with Crippen LogP contribution in [0.2, 0.25) is 0 Å². The van der Waals surface area contributed by atoms with Gasteiger partial charge in [0.2, 0.25) is 0 Å². The Labute approximate surface area is 127 Å². The Bertz CT molecular complexity index is 540. The molecule has 1 aromatic carbocycles. The summed E-state index contributed by atoms with van der Waals surface area (Å²) in [6, 6.07) is 8.22. The summed E-state index contributed by atoms with van der Waals surface area (Å²) in [5, 5.41) is 0. The first-order valence-corrected chi connectivity index (χ1v) is 7.69. The van der Waals surface area contributed by atoms with Crippen molar-refractivity contribution in [2.45, 2.75) is 59.1 Å². The smallest absolute Gasteiger partial charge is 0.414 e. The van der Waals surface area contributed by atoms with Crippen molar-refractivity contribution in [1.29, 1.82) is 0 Å². The Balaban J connectivity index is 2.25. The predicted molar refractivity (Wildman–Crippen MR) is 85.7 cm³/mol. The lowest BCUT2D eigenvalue weighted by Crippen LogP contribution is -2.37. The second-order valence-electron chi connectivity index (χ2n) is 6.50. The van der Waals surface area contributed by atoms with Gasteiger partial charge in [-0.05, 0) is 50.8 Å². The molecular weight excluding hydrogens is 262 g/mol. The molecule has 3 nitrogen and oxygen atoms in total. The summed E-state index contributed by atoms with van der Waals surface area (Å²) in [6.45, 7) is 8.46. The fourth-order valence-corrected chi connectivity index (χ4v) is 2.41. The Morgan fingerprint density at radius 1 is 1.29 bits per heavy atom. The van der Waals surface area contributed by atoms with Crippen LogP contribution in [0.15, 0.2) is 30.0 Å². The molecule has 3 heteroatoms. The van der Waals surface area contributed by atoms with Crippen molar-refractivity contribution in [3.8, 4) is 0 Å². The number of amides is 1. The molecule has 0 unspecified atom stereocenters. The van der Waals surface area contributed by atoms with Gasteiger partial charge in [-0.3, -0.25) is 4.90 Å². The van der Waals surface area contributed by atoms with Gasteiger partial charge in [0.25, 0.3) is 0 Å². The van der Waals surface area contributed by atoms with Gasteiger partial charge in [-0.25, -0.2) is 4.79 Å². The van der Waals surface area contributed by atoms with Gasteiger partial charge in [-0.15, -0.1) is 0 Å². The van der Waals surface area contributed by atoms with Crippen LogP contribution in [0.5, 0.6) is 0 Å². The van der Waals surface area contributed by atoms with Crippen LogP contribution in [-0.4, -0.2) is 16.6 Å². The van der Waals surface area contributed by atoms with Gasteiger partial charge in [0, 0.05) is 5.70 Å². The van der Waals surface area contributed by atoms with Crippen LogP contribution in [0.1, 0.15) is 58.1 Å². The van der Waals surface area contributed by atoms with Crippen molar-refractivity contribution in [3.63, 3.8) is 0 Å². The Morgan fingerprint density at radius 3 is 2.67 bits per heavy atom. The highest BCUT2D eigenvalue weighted by Gasteiger charge is 2.27. The fraction of sp³-hybridized carbons (Fsp3) is 0.500. The SMILES string of the molecule is CCCCC1=Cc2ccccc2CN1C(=O)OC(C)(C)C. The lowest BCUT2D eigenvalue weighted by atomic mass is 9.99. The van der Waals surface area contributed by atoms with Crippen LogP contribution < -0.4 is 0 Å². The van der Waals surface area contributed by atoms with Gasteiger partial charge in [0.15, 0.2) is 0 Å². The largest absolute Gasteiger partial charge is 0.443 e. The monoisotopic (exact) mass is 287 g/mol. The van der Waals surface area contributed by atoms with Crippen molar-refractivity contribution in [2.24, 2.45) is 0 Å². The molecular formula is C18H25NO2.